The van der Waals surface area contributed by atoms with Crippen LogP contribution in [0.15, 0.2) is 103 Å². The van der Waals surface area contributed by atoms with Gasteiger partial charge in [-0.05, 0) is 71.8 Å². The fourth-order valence-corrected chi connectivity index (χ4v) is 8.11. The Morgan fingerprint density at radius 2 is 1.54 bits per heavy atom. The Kier molecular flexibility index (Phi) is 12.0. The number of morpholine rings is 1. The number of hydrogen-bond donors (Lipinski definition) is 1. The maximum Gasteiger partial charge on any atom is 0.337 e. The summed E-state index contributed by atoms with van der Waals surface area (Å²) in [4.78, 5) is 14.1. The number of aryl methyl sites for hydroxylation is 2. The Balaban J connectivity index is 1.35. The highest BCUT2D eigenvalue weighted by atomic mass is 35.5. The number of halogens is 1. The summed E-state index contributed by atoms with van der Waals surface area (Å²) < 4.78 is 42.0. The molecule has 1 N–H and O–H groups in total. The number of esters is 1. The first-order valence-electron chi connectivity index (χ1n) is 17.2. The van der Waals surface area contributed by atoms with Crippen LogP contribution in [0.3, 0.4) is 0 Å². The normalized spacial score (nSPS) is 14.0. The summed E-state index contributed by atoms with van der Waals surface area (Å²) >= 11 is 6.66. The fourth-order valence-electron chi connectivity index (χ4n) is 6.88. The van der Waals surface area contributed by atoms with E-state index in [4.69, 9.17) is 21.1 Å². The molecule has 10 heteroatoms. The molecular formula is C40H44ClN3O5S. The van der Waals surface area contributed by atoms with Gasteiger partial charge in [-0.25, -0.2) is 17.9 Å². The summed E-state index contributed by atoms with van der Waals surface area (Å²) in [6.45, 7) is 3.51. The van der Waals surface area contributed by atoms with E-state index in [2.05, 4.69) is 68.8 Å². The van der Waals surface area contributed by atoms with Crippen molar-refractivity contribution < 1.29 is 22.7 Å². The topological polar surface area (TPSA) is 89.9 Å². The van der Waals surface area contributed by atoms with Gasteiger partial charge in [0.05, 0.1) is 37.7 Å². The second-order valence-corrected chi connectivity index (χ2v) is 15.0. The first-order chi connectivity index (χ1) is 24.3. The van der Waals surface area contributed by atoms with Gasteiger partial charge in [0.1, 0.15) is 0 Å². The third-order valence-electron chi connectivity index (χ3n) is 9.40. The van der Waals surface area contributed by atoms with Crippen LogP contribution in [0.2, 0.25) is 5.02 Å². The van der Waals surface area contributed by atoms with Crippen molar-refractivity contribution in [2.45, 2.75) is 31.7 Å². The van der Waals surface area contributed by atoms with Crippen molar-refractivity contribution in [3.63, 3.8) is 0 Å². The highest BCUT2D eigenvalue weighted by Crippen LogP contribution is 2.38. The van der Waals surface area contributed by atoms with Gasteiger partial charge in [-0.3, -0.25) is 4.90 Å². The minimum absolute atomic E-state index is 0.0455. The van der Waals surface area contributed by atoms with E-state index < -0.39 is 10.0 Å². The molecule has 50 heavy (non-hydrogen) atoms. The Labute approximate surface area is 300 Å². The molecule has 0 radical (unpaired) electrons. The van der Waals surface area contributed by atoms with Crippen molar-refractivity contribution in [2.24, 2.45) is 0 Å². The van der Waals surface area contributed by atoms with Crippen LogP contribution in [-0.4, -0.2) is 76.1 Å². The number of fused-ring (bicyclic) bond motifs is 1. The molecular weight excluding hydrogens is 670 g/mol. The van der Waals surface area contributed by atoms with Crippen LogP contribution < -0.4 is 4.72 Å². The zero-order chi connectivity index (χ0) is 34.9. The van der Waals surface area contributed by atoms with Crippen LogP contribution in [0.25, 0.3) is 10.9 Å². The molecule has 1 aliphatic rings. The zero-order valence-electron chi connectivity index (χ0n) is 28.4. The maximum absolute atomic E-state index is 13.2. The number of sulfonamides is 1. The van der Waals surface area contributed by atoms with Crippen molar-refractivity contribution in [3.05, 3.63) is 142 Å². The molecule has 8 nitrogen and oxygen atoms in total. The quantitative estimate of drug-likeness (QED) is 0.122. The molecule has 2 heterocycles. The van der Waals surface area contributed by atoms with Crippen LogP contribution in [-0.2, 0) is 38.8 Å². The van der Waals surface area contributed by atoms with Gasteiger partial charge in [-0.15, -0.1) is 0 Å². The third-order valence-corrected chi connectivity index (χ3v) is 11.0. The molecule has 0 unspecified atom stereocenters. The molecule has 0 atom stereocenters. The van der Waals surface area contributed by atoms with Crippen molar-refractivity contribution in [2.75, 3.05) is 52.3 Å². The van der Waals surface area contributed by atoms with E-state index in [9.17, 15) is 13.2 Å². The van der Waals surface area contributed by atoms with Crippen LogP contribution in [0.1, 0.15) is 50.8 Å². The van der Waals surface area contributed by atoms with Gasteiger partial charge in [0.25, 0.3) is 0 Å². The molecule has 0 amide bonds. The Hall–Kier alpha value is -3.99. The SMILES string of the molecule is COC(=O)c1ccc(CCCc2c(CCNS(=O)(=O)CCN3CCOCC3)n(C(c3ccccc3)c3ccccc3)c3ccc(Cl)cc23)cc1. The van der Waals surface area contributed by atoms with E-state index in [1.54, 1.807) is 12.1 Å². The molecule has 1 aliphatic heterocycles. The fraction of sp³-hybridized carbons (Fsp3) is 0.325. The van der Waals surface area contributed by atoms with Gasteiger partial charge in [0.2, 0.25) is 10.0 Å². The smallest absolute Gasteiger partial charge is 0.337 e. The Bertz CT molecular complexity index is 1940. The second-order valence-electron chi connectivity index (χ2n) is 12.6. The number of carbonyl (C=O) groups is 1. The lowest BCUT2D eigenvalue weighted by Crippen LogP contribution is -2.41. The van der Waals surface area contributed by atoms with Crippen molar-refractivity contribution >= 4 is 38.5 Å². The molecule has 1 aromatic heterocycles. The lowest BCUT2D eigenvalue weighted by Gasteiger charge is -2.26. The van der Waals surface area contributed by atoms with Gasteiger partial charge in [-0.1, -0.05) is 84.4 Å². The van der Waals surface area contributed by atoms with Crippen LogP contribution in [0.4, 0.5) is 0 Å². The number of aromatic nitrogens is 1. The molecule has 1 saturated heterocycles. The molecule has 0 spiro atoms. The number of nitrogens with zero attached hydrogens (tertiary/aromatic N) is 2. The van der Waals surface area contributed by atoms with Gasteiger partial charge in [-0.2, -0.15) is 0 Å². The van der Waals surface area contributed by atoms with E-state index in [0.29, 0.717) is 36.8 Å². The Morgan fingerprint density at radius 3 is 2.18 bits per heavy atom. The summed E-state index contributed by atoms with van der Waals surface area (Å²) in [7, 11) is -2.12. The average molecular weight is 714 g/mol. The second kappa shape index (κ2) is 16.8. The first kappa shape index (κ1) is 35.8. The van der Waals surface area contributed by atoms with E-state index in [0.717, 1.165) is 71.2 Å². The standard InChI is InChI=1S/C40H44ClN3O5S/c1-48-40(45)33-17-15-30(16-18-33)9-8-14-35-36-29-34(41)19-20-37(36)44(39(31-10-4-2-5-11-31)32-12-6-3-7-13-32)38(35)21-22-42-50(46,47)28-25-43-23-26-49-27-24-43/h2-7,10-13,15-20,29,39,42H,8-9,14,21-28H2,1H3. The van der Waals surface area contributed by atoms with E-state index >= 15 is 0 Å². The molecule has 5 aromatic rings. The number of rotatable bonds is 15. The summed E-state index contributed by atoms with van der Waals surface area (Å²) in [6, 6.07) is 34.3. The molecule has 6 rings (SSSR count). The predicted molar refractivity (Wildman–Crippen MR) is 200 cm³/mol. The number of methoxy groups -OCH3 is 1. The minimum Gasteiger partial charge on any atom is -0.465 e. The Morgan fingerprint density at radius 1 is 0.880 bits per heavy atom. The van der Waals surface area contributed by atoms with Crippen LogP contribution >= 0.6 is 11.6 Å². The maximum atomic E-state index is 13.2. The molecule has 0 saturated carbocycles. The molecule has 262 valence electrons. The van der Waals surface area contributed by atoms with Crippen molar-refractivity contribution in [1.29, 1.82) is 0 Å². The van der Waals surface area contributed by atoms with Gasteiger partial charge in [0.15, 0.2) is 0 Å². The monoisotopic (exact) mass is 713 g/mol. The zero-order valence-corrected chi connectivity index (χ0v) is 30.0. The molecule has 4 aromatic carbocycles. The minimum atomic E-state index is -3.50. The molecule has 1 fully saturated rings. The molecule has 0 bridgehead atoms. The van der Waals surface area contributed by atoms with E-state index in [1.807, 2.05) is 36.4 Å². The predicted octanol–water partition coefficient (Wildman–Crippen LogP) is 6.69. The lowest BCUT2D eigenvalue weighted by molar-refractivity contribution is 0.0408. The lowest BCUT2D eigenvalue weighted by atomic mass is 9.97. The number of hydrogen-bond acceptors (Lipinski definition) is 6. The third kappa shape index (κ3) is 8.83. The number of carbonyl (C=O) groups excluding carboxylic acids is 1. The highest BCUT2D eigenvalue weighted by Gasteiger charge is 2.26. The van der Waals surface area contributed by atoms with Gasteiger partial charge >= 0.3 is 5.97 Å². The number of nitrogens with one attached hydrogen (secondary N) is 1. The van der Waals surface area contributed by atoms with E-state index in [-0.39, 0.29) is 24.3 Å². The number of benzene rings is 4. The summed E-state index contributed by atoms with van der Waals surface area (Å²) in [6.07, 6.45) is 2.92. The molecule has 0 aliphatic carbocycles. The van der Waals surface area contributed by atoms with Crippen molar-refractivity contribution in [1.82, 2.24) is 14.2 Å². The van der Waals surface area contributed by atoms with Crippen molar-refractivity contribution in [3.8, 4) is 0 Å². The van der Waals surface area contributed by atoms with Crippen LogP contribution in [0.5, 0.6) is 0 Å². The highest BCUT2D eigenvalue weighted by molar-refractivity contribution is 7.89. The van der Waals surface area contributed by atoms with Crippen LogP contribution in [0, 0.1) is 0 Å². The number of ether oxygens (including phenoxy) is 2. The van der Waals surface area contributed by atoms with Gasteiger partial charge < -0.3 is 14.0 Å². The first-order valence-corrected chi connectivity index (χ1v) is 19.2. The summed E-state index contributed by atoms with van der Waals surface area (Å²) in [5.74, 6) is -0.307. The average Bonchev–Trinajstić information content (AvgIpc) is 3.43. The summed E-state index contributed by atoms with van der Waals surface area (Å²) in [5, 5.41) is 1.72. The van der Waals surface area contributed by atoms with Gasteiger partial charge in [0, 0.05) is 54.2 Å². The summed E-state index contributed by atoms with van der Waals surface area (Å²) in [5.41, 5.74) is 7.21. The van der Waals surface area contributed by atoms with E-state index in [1.165, 1.54) is 7.11 Å². The largest absolute Gasteiger partial charge is 0.465 e.